The third-order valence-electron chi connectivity index (χ3n) is 7.47. The van der Waals surface area contributed by atoms with Gasteiger partial charge in [-0.2, -0.15) is 4.98 Å². The summed E-state index contributed by atoms with van der Waals surface area (Å²) in [6, 6.07) is 16.7. The van der Waals surface area contributed by atoms with Crippen molar-refractivity contribution in [1.29, 1.82) is 0 Å². The molecule has 0 saturated heterocycles. The van der Waals surface area contributed by atoms with Crippen LogP contribution in [0.1, 0.15) is 31.9 Å². The molecule has 5 atom stereocenters. The first-order valence-electron chi connectivity index (χ1n) is 15.7. The first kappa shape index (κ1) is 39.5. The fourth-order valence-electron chi connectivity index (χ4n) is 4.88. The van der Waals surface area contributed by atoms with Crippen LogP contribution in [0.25, 0.3) is 0 Å². The van der Waals surface area contributed by atoms with E-state index in [1.54, 1.807) is 74.5 Å². The lowest BCUT2D eigenvalue weighted by Crippen LogP contribution is -2.54. The Hall–Kier alpha value is -3.95. The maximum atomic E-state index is 14.8. The molecule has 0 aliphatic carbocycles. The predicted octanol–water partition coefficient (Wildman–Crippen LogP) is 1.95. The highest BCUT2D eigenvalue weighted by atomic mass is 31.2. The van der Waals surface area contributed by atoms with Crippen LogP contribution >= 0.6 is 7.67 Å². The predicted molar refractivity (Wildman–Crippen MR) is 179 cm³/mol. The number of esters is 2. The average molecular weight is 705 g/mol. The van der Waals surface area contributed by atoms with Crippen LogP contribution in [-0.2, 0) is 51.5 Å². The number of methoxy groups -OCH3 is 2. The second kappa shape index (κ2) is 18.7. The van der Waals surface area contributed by atoms with E-state index in [1.807, 2.05) is 0 Å². The SMILES string of the molecule is CCOC(=O)[C@H](Cc1ccccc1)NP(=O)(N[C@@H](Cc1ccccc1)C(=O)OCC)OCC(OC)C(O)C(C)(O)n1ccc(OC)nc1=O. The fourth-order valence-corrected chi connectivity index (χ4v) is 6.67. The minimum Gasteiger partial charge on any atom is -0.481 e. The Morgan fingerprint density at radius 1 is 0.898 bits per heavy atom. The van der Waals surface area contributed by atoms with E-state index in [-0.39, 0.29) is 31.9 Å². The van der Waals surface area contributed by atoms with Gasteiger partial charge in [0.05, 0.1) is 26.9 Å². The minimum absolute atomic E-state index is 0.00503. The van der Waals surface area contributed by atoms with Crippen molar-refractivity contribution < 1.29 is 47.8 Å². The van der Waals surface area contributed by atoms with Gasteiger partial charge in [-0.25, -0.2) is 15.0 Å². The molecule has 0 aliphatic rings. The highest BCUT2D eigenvalue weighted by Crippen LogP contribution is 2.41. The van der Waals surface area contributed by atoms with E-state index in [0.717, 1.165) is 11.5 Å². The zero-order valence-corrected chi connectivity index (χ0v) is 29.1. The topological polar surface area (TPSA) is 197 Å². The number of aliphatic hydroxyl groups excluding tert-OH is 1. The smallest absolute Gasteiger partial charge is 0.353 e. The maximum absolute atomic E-state index is 14.8. The van der Waals surface area contributed by atoms with Crippen molar-refractivity contribution in [1.82, 2.24) is 19.7 Å². The summed E-state index contributed by atoms with van der Waals surface area (Å²) in [7, 11) is -1.96. The van der Waals surface area contributed by atoms with Gasteiger partial charge in [0, 0.05) is 19.4 Å². The van der Waals surface area contributed by atoms with Gasteiger partial charge in [0.2, 0.25) is 5.88 Å². The van der Waals surface area contributed by atoms with E-state index >= 15 is 0 Å². The van der Waals surface area contributed by atoms with E-state index in [4.69, 9.17) is 23.5 Å². The Balaban J connectivity index is 1.99. The summed E-state index contributed by atoms with van der Waals surface area (Å²) >= 11 is 0. The number of carbonyl (C=O) groups excluding carboxylic acids is 2. The standard InChI is InChI=1S/C33H45N4O11P/c1-6-46-30(39)25(20-23-14-10-8-11-15-23)35-49(43,36-26(31(40)47-7-2)21-24-16-12-9-13-17-24)48-22-27(44-4)29(38)33(3,42)37-19-18-28(45-5)34-32(37)41/h8-19,25-27,29,38,42H,6-7,20-22H2,1-5H3,(H2,35,36,43)/t25-,26-,27?,29?,33?/m0/s1. The highest BCUT2D eigenvalue weighted by Gasteiger charge is 2.42. The molecule has 3 unspecified atom stereocenters. The van der Waals surface area contributed by atoms with Crippen LogP contribution in [0, 0.1) is 0 Å². The Morgan fingerprint density at radius 3 is 1.80 bits per heavy atom. The fraction of sp³-hybridized carbons (Fsp3) is 0.455. The molecule has 0 amide bonds. The lowest BCUT2D eigenvalue weighted by molar-refractivity contribution is -0.176. The summed E-state index contributed by atoms with van der Waals surface area (Å²) in [4.78, 5) is 42.7. The maximum Gasteiger partial charge on any atom is 0.353 e. The molecule has 1 aromatic heterocycles. The van der Waals surface area contributed by atoms with Gasteiger partial charge in [-0.3, -0.25) is 18.7 Å². The number of ether oxygens (including phenoxy) is 4. The Morgan fingerprint density at radius 2 is 1.39 bits per heavy atom. The van der Waals surface area contributed by atoms with Gasteiger partial charge >= 0.3 is 25.3 Å². The van der Waals surface area contributed by atoms with Crippen LogP contribution in [0.15, 0.2) is 77.7 Å². The Kier molecular flexibility index (Phi) is 15.1. The number of aromatic nitrogens is 2. The Labute approximate surface area is 285 Å². The van der Waals surface area contributed by atoms with E-state index < -0.39 is 61.9 Å². The van der Waals surface area contributed by atoms with Crippen molar-refractivity contribution >= 4 is 19.6 Å². The van der Waals surface area contributed by atoms with E-state index in [2.05, 4.69) is 15.2 Å². The third-order valence-corrected chi connectivity index (χ3v) is 9.29. The van der Waals surface area contributed by atoms with Crippen molar-refractivity contribution in [3.63, 3.8) is 0 Å². The van der Waals surface area contributed by atoms with Crippen molar-refractivity contribution in [3.8, 4) is 5.88 Å². The molecule has 0 saturated carbocycles. The lowest BCUT2D eigenvalue weighted by Gasteiger charge is -2.35. The van der Waals surface area contributed by atoms with Crippen LogP contribution in [0.2, 0.25) is 0 Å². The van der Waals surface area contributed by atoms with E-state index in [1.165, 1.54) is 26.5 Å². The van der Waals surface area contributed by atoms with Gasteiger partial charge in [0.15, 0.2) is 5.72 Å². The van der Waals surface area contributed by atoms with Gasteiger partial charge in [-0.05, 0) is 44.7 Å². The molecule has 3 aromatic rings. The molecule has 4 N–H and O–H groups in total. The van der Waals surface area contributed by atoms with E-state index in [9.17, 15) is 29.2 Å². The second-order valence-electron chi connectivity index (χ2n) is 11.0. The molecule has 268 valence electrons. The lowest BCUT2D eigenvalue weighted by atomic mass is 10.0. The first-order chi connectivity index (χ1) is 23.4. The molecule has 3 rings (SSSR count). The molecule has 0 spiro atoms. The van der Waals surface area contributed by atoms with Gasteiger partial charge in [0.25, 0.3) is 0 Å². The molecule has 16 heteroatoms. The van der Waals surface area contributed by atoms with Crippen LogP contribution in [0.5, 0.6) is 5.88 Å². The van der Waals surface area contributed by atoms with Crippen molar-refractivity contribution in [2.75, 3.05) is 34.0 Å². The van der Waals surface area contributed by atoms with Gasteiger partial charge in [0.1, 0.15) is 24.3 Å². The minimum atomic E-state index is -4.48. The molecule has 0 radical (unpaired) electrons. The van der Waals surface area contributed by atoms with E-state index in [0.29, 0.717) is 11.1 Å². The summed E-state index contributed by atoms with van der Waals surface area (Å²) < 4.78 is 42.4. The summed E-state index contributed by atoms with van der Waals surface area (Å²) in [5.41, 5.74) is -1.80. The Bertz CT molecular complexity index is 1520. The molecule has 0 fully saturated rings. The molecule has 1 heterocycles. The quantitative estimate of drug-likeness (QED) is 0.0984. The third kappa shape index (κ3) is 11.3. The van der Waals surface area contributed by atoms with Crippen LogP contribution < -0.4 is 20.6 Å². The summed E-state index contributed by atoms with van der Waals surface area (Å²) in [5.74, 6) is -1.47. The molecule has 2 aromatic carbocycles. The normalized spacial score (nSPS) is 15.3. The highest BCUT2D eigenvalue weighted by molar-refractivity contribution is 7.54. The zero-order valence-electron chi connectivity index (χ0n) is 28.2. The van der Waals surface area contributed by atoms with Crippen molar-refractivity contribution in [2.45, 2.75) is 63.6 Å². The summed E-state index contributed by atoms with van der Waals surface area (Å²) in [6.45, 7) is 3.83. The van der Waals surface area contributed by atoms with Gasteiger partial charge in [-0.1, -0.05) is 60.7 Å². The summed E-state index contributed by atoms with van der Waals surface area (Å²) in [6.07, 6.45) is -2.01. The first-order valence-corrected chi connectivity index (χ1v) is 17.3. The molecule has 49 heavy (non-hydrogen) atoms. The van der Waals surface area contributed by atoms with Crippen LogP contribution in [0.4, 0.5) is 0 Å². The molecular formula is C33H45N4O11P. The van der Waals surface area contributed by atoms with Crippen molar-refractivity contribution in [2.24, 2.45) is 0 Å². The molecule has 0 bridgehead atoms. The average Bonchev–Trinajstić information content (AvgIpc) is 3.08. The van der Waals surface area contributed by atoms with Crippen molar-refractivity contribution in [3.05, 3.63) is 94.5 Å². The second-order valence-corrected chi connectivity index (χ2v) is 12.9. The van der Waals surface area contributed by atoms with Gasteiger partial charge < -0.3 is 33.7 Å². The number of carbonyl (C=O) groups is 2. The number of nitrogens with one attached hydrogen (secondary N) is 2. The number of hydrogen-bond acceptors (Lipinski definition) is 12. The zero-order chi connectivity index (χ0) is 36.0. The monoisotopic (exact) mass is 704 g/mol. The molecular weight excluding hydrogens is 659 g/mol. The number of hydrogen-bond donors (Lipinski definition) is 4. The molecule has 0 aliphatic heterocycles. The van der Waals surface area contributed by atoms with Crippen LogP contribution in [0.3, 0.4) is 0 Å². The largest absolute Gasteiger partial charge is 0.481 e. The number of nitrogens with zero attached hydrogens (tertiary/aromatic N) is 2. The number of aliphatic hydroxyl groups is 2. The molecule has 15 nitrogen and oxygen atoms in total. The van der Waals surface area contributed by atoms with Crippen LogP contribution in [-0.4, -0.2) is 90.0 Å². The number of benzene rings is 2. The van der Waals surface area contributed by atoms with Gasteiger partial charge in [-0.15, -0.1) is 0 Å². The number of rotatable bonds is 20. The summed E-state index contributed by atoms with van der Waals surface area (Å²) in [5, 5.41) is 28.0.